The number of methoxy groups -OCH3 is 2. The van der Waals surface area contributed by atoms with Crippen LogP contribution in [0.15, 0.2) is 77.7 Å². The van der Waals surface area contributed by atoms with E-state index in [0.717, 1.165) is 11.6 Å². The van der Waals surface area contributed by atoms with Crippen LogP contribution in [-0.2, 0) is 10.0 Å². The summed E-state index contributed by atoms with van der Waals surface area (Å²) in [4.78, 5) is -0.399. The van der Waals surface area contributed by atoms with E-state index in [0.29, 0.717) is 17.2 Å². The summed E-state index contributed by atoms with van der Waals surface area (Å²) in [5.41, 5.74) is 1.06. The highest BCUT2D eigenvalue weighted by Gasteiger charge is 2.33. The van der Waals surface area contributed by atoms with Crippen molar-refractivity contribution < 1.29 is 22.3 Å². The van der Waals surface area contributed by atoms with Gasteiger partial charge in [0.2, 0.25) is 0 Å². The van der Waals surface area contributed by atoms with Crippen LogP contribution in [0.1, 0.15) is 18.5 Å². The Bertz CT molecular complexity index is 1060. The van der Waals surface area contributed by atoms with Gasteiger partial charge in [0.15, 0.2) is 0 Å². The van der Waals surface area contributed by atoms with Gasteiger partial charge in [-0.05, 0) is 24.6 Å². The van der Waals surface area contributed by atoms with E-state index < -0.39 is 26.8 Å². The molecule has 0 unspecified atom stereocenters. The lowest BCUT2D eigenvalue weighted by molar-refractivity contribution is 0.394. The number of nitrogens with zero attached hydrogens (tertiary/aromatic N) is 1. The minimum absolute atomic E-state index is 0.306. The quantitative estimate of drug-likeness (QED) is 0.556. The Morgan fingerprint density at radius 3 is 1.97 bits per heavy atom. The number of sulfonamides is 1. The molecule has 0 heterocycles. The summed E-state index contributed by atoms with van der Waals surface area (Å²) in [6, 6.07) is 18.7. The summed E-state index contributed by atoms with van der Waals surface area (Å²) in [6.45, 7) is 1.75. The predicted molar refractivity (Wildman–Crippen MR) is 110 cm³/mol. The van der Waals surface area contributed by atoms with Crippen LogP contribution in [-0.4, -0.2) is 22.6 Å². The molecule has 0 saturated heterocycles. The number of hydrogen-bond donors (Lipinski definition) is 0. The van der Waals surface area contributed by atoms with E-state index in [4.69, 9.17) is 9.47 Å². The van der Waals surface area contributed by atoms with E-state index in [1.807, 2.05) is 30.3 Å². The van der Waals surface area contributed by atoms with E-state index >= 15 is 0 Å². The smallest absolute Gasteiger partial charge is 0.267 e. The van der Waals surface area contributed by atoms with E-state index in [-0.39, 0.29) is 0 Å². The Hall–Kier alpha value is -3.06. The average Bonchev–Trinajstić information content (AvgIpc) is 2.74. The first-order valence-corrected chi connectivity index (χ1v) is 10.4. The van der Waals surface area contributed by atoms with Gasteiger partial charge in [-0.25, -0.2) is 12.8 Å². The summed E-state index contributed by atoms with van der Waals surface area (Å²) in [6.07, 6.45) is 0. The van der Waals surface area contributed by atoms with Crippen LogP contribution in [0.25, 0.3) is 0 Å². The molecule has 3 aromatic carbocycles. The maximum Gasteiger partial charge on any atom is 0.267 e. The van der Waals surface area contributed by atoms with E-state index in [1.165, 1.54) is 36.7 Å². The Morgan fingerprint density at radius 1 is 0.862 bits per heavy atom. The first kappa shape index (κ1) is 20.7. The Labute approximate surface area is 170 Å². The molecule has 3 aromatic rings. The molecular formula is C22H22FNO4S. The first-order chi connectivity index (χ1) is 13.9. The molecule has 0 aliphatic heterocycles. The standard InChI is InChI=1S/C22H22FNO4S/c1-16(17-9-5-4-6-10-17)24(18-13-19(27-2)15-20(14-18)28-3)29(25,26)22-12-8-7-11-21(22)23/h4-16H,1-3H3/t16-/m0/s1. The van der Waals surface area contributed by atoms with Gasteiger partial charge in [-0.3, -0.25) is 4.31 Å². The van der Waals surface area contributed by atoms with Gasteiger partial charge in [-0.1, -0.05) is 42.5 Å². The highest BCUT2D eigenvalue weighted by Crippen LogP contribution is 2.37. The normalized spacial score (nSPS) is 12.3. The minimum atomic E-state index is -4.23. The number of rotatable bonds is 7. The maximum absolute atomic E-state index is 14.5. The van der Waals surface area contributed by atoms with Gasteiger partial charge in [-0.15, -0.1) is 0 Å². The van der Waals surface area contributed by atoms with Crippen molar-refractivity contribution in [2.75, 3.05) is 18.5 Å². The van der Waals surface area contributed by atoms with Crippen LogP contribution in [0.3, 0.4) is 0 Å². The van der Waals surface area contributed by atoms with Gasteiger partial charge >= 0.3 is 0 Å². The zero-order valence-corrected chi connectivity index (χ0v) is 17.2. The van der Waals surface area contributed by atoms with Gasteiger partial charge < -0.3 is 9.47 Å². The number of halogens is 1. The minimum Gasteiger partial charge on any atom is -0.497 e. The fourth-order valence-electron chi connectivity index (χ4n) is 3.12. The van der Waals surface area contributed by atoms with Gasteiger partial charge in [0, 0.05) is 18.2 Å². The first-order valence-electron chi connectivity index (χ1n) is 8.95. The second-order valence-corrected chi connectivity index (χ2v) is 8.17. The van der Waals surface area contributed by atoms with E-state index in [2.05, 4.69) is 0 Å². The Balaban J connectivity index is 2.24. The number of benzene rings is 3. The van der Waals surface area contributed by atoms with E-state index in [9.17, 15) is 12.8 Å². The topological polar surface area (TPSA) is 55.8 Å². The summed E-state index contributed by atoms with van der Waals surface area (Å²) < 4.78 is 53.4. The molecule has 0 fully saturated rings. The molecule has 0 amide bonds. The zero-order chi connectivity index (χ0) is 21.0. The summed E-state index contributed by atoms with van der Waals surface area (Å²) in [5, 5.41) is 0. The molecule has 0 aromatic heterocycles. The fraction of sp³-hybridized carbons (Fsp3) is 0.182. The fourth-order valence-corrected chi connectivity index (χ4v) is 4.81. The molecule has 0 spiro atoms. The molecule has 5 nitrogen and oxygen atoms in total. The molecule has 1 atom stereocenters. The van der Waals surface area contributed by atoms with Crippen LogP contribution in [0.5, 0.6) is 11.5 Å². The molecule has 0 aliphatic rings. The zero-order valence-electron chi connectivity index (χ0n) is 16.4. The largest absolute Gasteiger partial charge is 0.497 e. The summed E-state index contributed by atoms with van der Waals surface area (Å²) >= 11 is 0. The van der Waals surface area contributed by atoms with Crippen LogP contribution in [0.2, 0.25) is 0 Å². The van der Waals surface area contributed by atoms with Crippen LogP contribution in [0, 0.1) is 5.82 Å². The van der Waals surface area contributed by atoms with Crippen molar-refractivity contribution >= 4 is 15.7 Å². The van der Waals surface area contributed by atoms with Crippen LogP contribution < -0.4 is 13.8 Å². The molecule has 0 N–H and O–H groups in total. The molecular weight excluding hydrogens is 393 g/mol. The second kappa shape index (κ2) is 8.53. The summed E-state index contributed by atoms with van der Waals surface area (Å²) in [7, 11) is -1.27. The van der Waals surface area contributed by atoms with Gasteiger partial charge in [0.05, 0.1) is 25.9 Å². The van der Waals surface area contributed by atoms with E-state index in [1.54, 1.807) is 25.1 Å². The van der Waals surface area contributed by atoms with Gasteiger partial charge in [0.1, 0.15) is 22.2 Å². The van der Waals surface area contributed by atoms with Crippen molar-refractivity contribution in [2.24, 2.45) is 0 Å². The molecule has 152 valence electrons. The van der Waals surface area contributed by atoms with Crippen molar-refractivity contribution in [3.8, 4) is 11.5 Å². The van der Waals surface area contributed by atoms with Crippen molar-refractivity contribution in [3.05, 3.63) is 84.2 Å². The third-order valence-electron chi connectivity index (χ3n) is 4.60. The summed E-state index contributed by atoms with van der Waals surface area (Å²) in [5.74, 6) is 0.0364. The lowest BCUT2D eigenvalue weighted by Gasteiger charge is -2.31. The molecule has 7 heteroatoms. The Morgan fingerprint density at radius 2 is 1.41 bits per heavy atom. The third kappa shape index (κ3) is 4.19. The SMILES string of the molecule is COc1cc(OC)cc(N([C@@H](C)c2ccccc2)S(=O)(=O)c2ccccc2F)c1. The monoisotopic (exact) mass is 415 g/mol. The van der Waals surface area contributed by atoms with Crippen LogP contribution >= 0.6 is 0 Å². The molecule has 0 saturated carbocycles. The van der Waals surface area contributed by atoms with Crippen molar-refractivity contribution in [1.82, 2.24) is 0 Å². The highest BCUT2D eigenvalue weighted by molar-refractivity contribution is 7.92. The molecule has 0 bridgehead atoms. The third-order valence-corrected chi connectivity index (χ3v) is 6.53. The molecule has 3 rings (SSSR count). The lowest BCUT2D eigenvalue weighted by Crippen LogP contribution is -2.34. The second-order valence-electron chi connectivity index (χ2n) is 6.39. The molecule has 29 heavy (non-hydrogen) atoms. The lowest BCUT2D eigenvalue weighted by atomic mass is 10.1. The molecule has 0 radical (unpaired) electrons. The average molecular weight is 415 g/mol. The van der Waals surface area contributed by atoms with Gasteiger partial charge in [0.25, 0.3) is 10.0 Å². The number of hydrogen-bond acceptors (Lipinski definition) is 4. The molecule has 0 aliphatic carbocycles. The van der Waals surface area contributed by atoms with Crippen molar-refractivity contribution in [1.29, 1.82) is 0 Å². The van der Waals surface area contributed by atoms with Crippen molar-refractivity contribution in [3.63, 3.8) is 0 Å². The van der Waals surface area contributed by atoms with Crippen LogP contribution in [0.4, 0.5) is 10.1 Å². The number of anilines is 1. The Kier molecular flexibility index (Phi) is 6.08. The van der Waals surface area contributed by atoms with Crippen molar-refractivity contribution in [2.45, 2.75) is 17.9 Å². The number of ether oxygens (including phenoxy) is 2. The maximum atomic E-state index is 14.5. The predicted octanol–water partition coefficient (Wildman–Crippen LogP) is 4.80. The van der Waals surface area contributed by atoms with Gasteiger partial charge in [-0.2, -0.15) is 0 Å². The highest BCUT2D eigenvalue weighted by atomic mass is 32.2.